The summed E-state index contributed by atoms with van der Waals surface area (Å²) in [5, 5.41) is 0.677. The van der Waals surface area contributed by atoms with Gasteiger partial charge in [-0.2, -0.15) is 13.2 Å². The number of hydrogen-bond acceptors (Lipinski definition) is 4. The number of carbonyl (C=O) groups excluding carboxylic acids is 1. The third kappa shape index (κ3) is 4.13. The topological polar surface area (TPSA) is 55.3 Å². The lowest BCUT2D eigenvalue weighted by molar-refractivity contribution is -0.137. The van der Waals surface area contributed by atoms with Crippen LogP contribution in [0.15, 0.2) is 48.7 Å². The van der Waals surface area contributed by atoms with Gasteiger partial charge in [-0.15, -0.1) is 0 Å². The molecule has 3 heterocycles. The van der Waals surface area contributed by atoms with Crippen LogP contribution in [0.1, 0.15) is 22.5 Å². The fraction of sp³-hybridized carbons (Fsp3) is 0.250. The smallest absolute Gasteiger partial charge is 0.417 e. The molecule has 0 radical (unpaired) electrons. The molecule has 0 saturated carbocycles. The molecule has 1 aliphatic heterocycles. The minimum atomic E-state index is -4.46. The average Bonchev–Trinajstić information content (AvgIpc) is 3.13. The number of nitrogens with zero attached hydrogens (tertiary/aromatic N) is 3. The lowest BCUT2D eigenvalue weighted by atomic mass is 10.2. The van der Waals surface area contributed by atoms with Crippen LogP contribution >= 0.6 is 0 Å². The van der Waals surface area contributed by atoms with Crippen molar-refractivity contribution in [2.24, 2.45) is 0 Å². The molecule has 150 valence electrons. The summed E-state index contributed by atoms with van der Waals surface area (Å²) in [7, 11) is 0. The summed E-state index contributed by atoms with van der Waals surface area (Å²) in [6, 6.07) is 10.1. The number of fused-ring (bicyclic) bond motifs is 1. The number of pyridine rings is 2. The Balaban J connectivity index is 1.52. The highest BCUT2D eigenvalue weighted by molar-refractivity contribution is 5.95. The number of hydrogen-bond donors (Lipinski definition) is 0. The first-order valence-corrected chi connectivity index (χ1v) is 8.85. The molecular formula is C20H15F4N3O2. The van der Waals surface area contributed by atoms with Crippen molar-refractivity contribution in [1.29, 1.82) is 0 Å². The van der Waals surface area contributed by atoms with Crippen molar-refractivity contribution in [2.45, 2.75) is 18.8 Å². The lowest BCUT2D eigenvalue weighted by Gasteiger charge is -2.14. The van der Waals surface area contributed by atoms with Gasteiger partial charge in [0.15, 0.2) is 0 Å². The number of rotatable bonds is 3. The molecule has 1 aliphatic rings. The Morgan fingerprint density at radius 3 is 2.62 bits per heavy atom. The molecule has 3 aromatic rings. The van der Waals surface area contributed by atoms with Gasteiger partial charge >= 0.3 is 6.18 Å². The summed E-state index contributed by atoms with van der Waals surface area (Å²) in [4.78, 5) is 21.9. The van der Waals surface area contributed by atoms with Gasteiger partial charge in [0.1, 0.15) is 17.6 Å². The van der Waals surface area contributed by atoms with Gasteiger partial charge in [-0.3, -0.25) is 4.79 Å². The second-order valence-electron chi connectivity index (χ2n) is 6.67. The van der Waals surface area contributed by atoms with E-state index in [0.29, 0.717) is 35.8 Å². The average molecular weight is 405 g/mol. The van der Waals surface area contributed by atoms with Crippen molar-refractivity contribution >= 4 is 16.8 Å². The number of benzene rings is 1. The van der Waals surface area contributed by atoms with Crippen molar-refractivity contribution in [3.63, 3.8) is 0 Å². The van der Waals surface area contributed by atoms with Gasteiger partial charge in [0, 0.05) is 24.2 Å². The molecule has 1 aromatic carbocycles. The maximum atomic E-state index is 13.3. The van der Waals surface area contributed by atoms with E-state index < -0.39 is 17.9 Å². The Morgan fingerprint density at radius 1 is 1.14 bits per heavy atom. The van der Waals surface area contributed by atoms with Crippen LogP contribution in [0.25, 0.3) is 10.9 Å². The summed E-state index contributed by atoms with van der Waals surface area (Å²) in [6.45, 7) is 0.443. The van der Waals surface area contributed by atoms with Crippen LogP contribution in [-0.2, 0) is 6.18 Å². The molecule has 1 atom stereocenters. The molecule has 29 heavy (non-hydrogen) atoms. The molecule has 0 aliphatic carbocycles. The number of halogens is 4. The molecule has 5 nitrogen and oxygen atoms in total. The number of likely N-dealkylation sites (tertiary alicyclic amines) is 1. The zero-order chi connectivity index (χ0) is 20.6. The van der Waals surface area contributed by atoms with E-state index in [0.717, 1.165) is 12.1 Å². The lowest BCUT2D eigenvalue weighted by Crippen LogP contribution is -2.29. The van der Waals surface area contributed by atoms with E-state index in [1.54, 1.807) is 30.3 Å². The molecule has 1 saturated heterocycles. The van der Waals surface area contributed by atoms with Crippen LogP contribution in [0.3, 0.4) is 0 Å². The molecule has 9 heteroatoms. The standard InChI is InChI=1S/C20H15F4N3O2/c21-14-7-8-27(11-14)19(28)17-4-1-12-9-15(3-5-16(12)26-17)29-18-6-2-13(10-25-18)20(22,23)24/h1-6,9-10,14H,7-8,11H2. The van der Waals surface area contributed by atoms with E-state index >= 15 is 0 Å². The maximum Gasteiger partial charge on any atom is 0.417 e. The first-order valence-electron chi connectivity index (χ1n) is 8.85. The van der Waals surface area contributed by atoms with Crippen LogP contribution in [0, 0.1) is 0 Å². The van der Waals surface area contributed by atoms with Gasteiger partial charge in [-0.1, -0.05) is 6.07 Å². The van der Waals surface area contributed by atoms with Crippen LogP contribution in [0.4, 0.5) is 17.6 Å². The molecule has 1 fully saturated rings. The number of alkyl halides is 4. The zero-order valence-corrected chi connectivity index (χ0v) is 15.0. The van der Waals surface area contributed by atoms with Crippen molar-refractivity contribution in [3.05, 3.63) is 59.9 Å². The predicted octanol–water partition coefficient (Wildman–Crippen LogP) is 4.62. The van der Waals surface area contributed by atoms with Crippen LogP contribution in [0.2, 0.25) is 0 Å². The van der Waals surface area contributed by atoms with Crippen LogP contribution in [0.5, 0.6) is 11.6 Å². The van der Waals surface area contributed by atoms with E-state index in [2.05, 4.69) is 9.97 Å². The largest absolute Gasteiger partial charge is 0.439 e. The molecule has 1 unspecified atom stereocenters. The Hall–Kier alpha value is -3.23. The molecule has 0 N–H and O–H groups in total. The van der Waals surface area contributed by atoms with Gasteiger partial charge in [0.25, 0.3) is 5.91 Å². The van der Waals surface area contributed by atoms with Gasteiger partial charge in [-0.05, 0) is 36.8 Å². The van der Waals surface area contributed by atoms with E-state index in [1.165, 1.54) is 4.90 Å². The SMILES string of the molecule is O=C(c1ccc2cc(Oc3ccc(C(F)(F)F)cn3)ccc2n1)N1CCC(F)C1. The van der Waals surface area contributed by atoms with Gasteiger partial charge in [0.2, 0.25) is 5.88 Å². The monoisotopic (exact) mass is 405 g/mol. The quantitative estimate of drug-likeness (QED) is 0.597. The van der Waals surface area contributed by atoms with E-state index in [4.69, 9.17) is 4.74 Å². The Labute approximate surface area is 162 Å². The normalized spacial score (nSPS) is 17.0. The van der Waals surface area contributed by atoms with E-state index in [-0.39, 0.29) is 24.0 Å². The van der Waals surface area contributed by atoms with Crippen molar-refractivity contribution in [2.75, 3.05) is 13.1 Å². The summed E-state index contributed by atoms with van der Waals surface area (Å²) < 4.78 is 56.6. The second-order valence-corrected chi connectivity index (χ2v) is 6.67. The Morgan fingerprint density at radius 2 is 1.97 bits per heavy atom. The maximum absolute atomic E-state index is 13.3. The summed E-state index contributed by atoms with van der Waals surface area (Å²) in [5.41, 5.74) is -0.0916. The van der Waals surface area contributed by atoms with Crippen LogP contribution < -0.4 is 4.74 Å². The summed E-state index contributed by atoms with van der Waals surface area (Å²) in [6.07, 6.45) is -4.43. The Kier molecular flexibility index (Phi) is 4.81. The minimum absolute atomic E-state index is 0.0203. The molecule has 0 spiro atoms. The van der Waals surface area contributed by atoms with E-state index in [9.17, 15) is 22.4 Å². The molecule has 0 bridgehead atoms. The van der Waals surface area contributed by atoms with Gasteiger partial charge in [0.05, 0.1) is 17.6 Å². The predicted molar refractivity (Wildman–Crippen MR) is 96.5 cm³/mol. The van der Waals surface area contributed by atoms with Gasteiger partial charge in [-0.25, -0.2) is 14.4 Å². The fourth-order valence-electron chi connectivity index (χ4n) is 3.08. The van der Waals surface area contributed by atoms with Gasteiger partial charge < -0.3 is 9.64 Å². The van der Waals surface area contributed by atoms with E-state index in [1.807, 2.05) is 0 Å². The first-order chi connectivity index (χ1) is 13.8. The summed E-state index contributed by atoms with van der Waals surface area (Å²) in [5.74, 6) is 0.0682. The number of amides is 1. The molecular weight excluding hydrogens is 390 g/mol. The highest BCUT2D eigenvalue weighted by Gasteiger charge is 2.31. The van der Waals surface area contributed by atoms with Crippen molar-refractivity contribution in [3.8, 4) is 11.6 Å². The fourth-order valence-corrected chi connectivity index (χ4v) is 3.08. The number of carbonyl (C=O) groups is 1. The van der Waals surface area contributed by atoms with Crippen LogP contribution in [-0.4, -0.2) is 40.0 Å². The Bertz CT molecular complexity index is 1050. The first kappa shape index (κ1) is 19.1. The highest BCUT2D eigenvalue weighted by atomic mass is 19.4. The third-order valence-electron chi connectivity index (χ3n) is 4.58. The second kappa shape index (κ2) is 7.31. The summed E-state index contributed by atoms with van der Waals surface area (Å²) >= 11 is 0. The number of aromatic nitrogens is 2. The molecule has 1 amide bonds. The minimum Gasteiger partial charge on any atom is -0.439 e. The van der Waals surface area contributed by atoms with Crippen molar-refractivity contribution in [1.82, 2.24) is 14.9 Å². The van der Waals surface area contributed by atoms with Crippen molar-refractivity contribution < 1.29 is 27.1 Å². The zero-order valence-electron chi connectivity index (χ0n) is 15.0. The number of ether oxygens (including phenoxy) is 1. The molecule has 2 aromatic heterocycles. The molecule has 4 rings (SSSR count). The third-order valence-corrected chi connectivity index (χ3v) is 4.58. The highest BCUT2D eigenvalue weighted by Crippen LogP contribution is 2.30.